The molecule has 0 aliphatic rings. The van der Waals surface area contributed by atoms with E-state index >= 15 is 0 Å². The van der Waals surface area contributed by atoms with Crippen molar-refractivity contribution in [2.24, 2.45) is 5.41 Å². The summed E-state index contributed by atoms with van der Waals surface area (Å²) in [5.74, 6) is -0.652. The molecular formula is C19H22FN3O2. The number of carbonyl (C=O) groups excluding carboxylic acids is 2. The Morgan fingerprint density at radius 2 is 1.84 bits per heavy atom. The minimum atomic E-state index is -0.542. The van der Waals surface area contributed by atoms with Gasteiger partial charge in [-0.1, -0.05) is 26.8 Å². The average molecular weight is 343 g/mol. The summed E-state index contributed by atoms with van der Waals surface area (Å²) in [5.41, 5.74) is 0.735. The highest BCUT2D eigenvalue weighted by atomic mass is 19.1. The van der Waals surface area contributed by atoms with Crippen LogP contribution in [0.5, 0.6) is 0 Å². The summed E-state index contributed by atoms with van der Waals surface area (Å²) in [7, 11) is 1.51. The van der Waals surface area contributed by atoms with E-state index in [4.69, 9.17) is 0 Å². The Balaban J connectivity index is 2.16. The summed E-state index contributed by atoms with van der Waals surface area (Å²) in [6.07, 6.45) is 1.36. The van der Waals surface area contributed by atoms with Gasteiger partial charge >= 0.3 is 0 Å². The van der Waals surface area contributed by atoms with Crippen LogP contribution in [0.15, 0.2) is 36.5 Å². The molecule has 1 N–H and O–H groups in total. The minimum absolute atomic E-state index is 0.169. The van der Waals surface area contributed by atoms with Gasteiger partial charge in [-0.25, -0.2) is 9.37 Å². The van der Waals surface area contributed by atoms with E-state index in [0.29, 0.717) is 11.4 Å². The SMILES string of the molecule is Cc1ccc(N(C)C(=O)c2ccc(NC(=O)C(C)(C)C)nc2)c(F)c1. The summed E-state index contributed by atoms with van der Waals surface area (Å²) in [6, 6.07) is 7.79. The minimum Gasteiger partial charge on any atom is -0.310 e. The molecule has 0 bridgehead atoms. The molecule has 2 rings (SSSR count). The van der Waals surface area contributed by atoms with Gasteiger partial charge in [0.1, 0.15) is 11.6 Å². The van der Waals surface area contributed by atoms with Crippen molar-refractivity contribution in [3.05, 3.63) is 53.5 Å². The van der Waals surface area contributed by atoms with Gasteiger partial charge < -0.3 is 10.2 Å². The predicted molar refractivity (Wildman–Crippen MR) is 96.2 cm³/mol. The van der Waals surface area contributed by atoms with E-state index in [0.717, 1.165) is 5.56 Å². The number of carbonyl (C=O) groups is 2. The molecule has 1 aromatic heterocycles. The maximum Gasteiger partial charge on any atom is 0.259 e. The second kappa shape index (κ2) is 7.01. The first-order valence-corrected chi connectivity index (χ1v) is 7.91. The molecule has 0 saturated heterocycles. The number of nitrogens with one attached hydrogen (secondary N) is 1. The van der Waals surface area contributed by atoms with Gasteiger partial charge in [-0.05, 0) is 36.8 Å². The summed E-state index contributed by atoms with van der Waals surface area (Å²) >= 11 is 0. The van der Waals surface area contributed by atoms with E-state index in [2.05, 4.69) is 10.3 Å². The normalized spacial score (nSPS) is 11.1. The van der Waals surface area contributed by atoms with Crippen molar-refractivity contribution in [2.45, 2.75) is 27.7 Å². The third-order valence-corrected chi connectivity index (χ3v) is 3.70. The number of halogens is 1. The lowest BCUT2D eigenvalue weighted by atomic mass is 9.96. The second-order valence-corrected chi connectivity index (χ2v) is 6.96. The molecule has 132 valence electrons. The van der Waals surface area contributed by atoms with Crippen molar-refractivity contribution in [3.63, 3.8) is 0 Å². The van der Waals surface area contributed by atoms with Crippen LogP contribution in [0.2, 0.25) is 0 Å². The van der Waals surface area contributed by atoms with Crippen molar-refractivity contribution < 1.29 is 14.0 Å². The van der Waals surface area contributed by atoms with Gasteiger partial charge in [0, 0.05) is 18.7 Å². The standard InChI is InChI=1S/C19H22FN3O2/c1-12-6-8-15(14(20)10-12)23(5)17(24)13-7-9-16(21-11-13)22-18(25)19(2,3)4/h6-11H,1-5H3,(H,21,22,25). The van der Waals surface area contributed by atoms with Gasteiger partial charge in [0.2, 0.25) is 5.91 Å². The van der Waals surface area contributed by atoms with Crippen LogP contribution >= 0.6 is 0 Å². The molecule has 0 aliphatic heterocycles. The van der Waals surface area contributed by atoms with Gasteiger partial charge in [-0.2, -0.15) is 0 Å². The fourth-order valence-electron chi connectivity index (χ4n) is 2.09. The van der Waals surface area contributed by atoms with Crippen molar-refractivity contribution in [2.75, 3.05) is 17.3 Å². The summed E-state index contributed by atoms with van der Waals surface area (Å²) in [4.78, 5) is 29.8. The van der Waals surface area contributed by atoms with Gasteiger partial charge in [-0.15, -0.1) is 0 Å². The lowest BCUT2D eigenvalue weighted by Gasteiger charge is -2.19. The lowest BCUT2D eigenvalue weighted by molar-refractivity contribution is -0.123. The Labute approximate surface area is 146 Å². The van der Waals surface area contributed by atoms with Crippen molar-refractivity contribution >= 4 is 23.3 Å². The summed E-state index contributed by atoms with van der Waals surface area (Å²) in [6.45, 7) is 7.17. The Morgan fingerprint density at radius 3 is 2.36 bits per heavy atom. The van der Waals surface area contributed by atoms with Crippen LogP contribution < -0.4 is 10.2 Å². The van der Waals surface area contributed by atoms with Crippen molar-refractivity contribution in [1.82, 2.24) is 4.98 Å². The van der Waals surface area contributed by atoms with E-state index < -0.39 is 11.2 Å². The molecule has 2 aromatic rings. The van der Waals surface area contributed by atoms with E-state index in [-0.39, 0.29) is 17.5 Å². The molecule has 25 heavy (non-hydrogen) atoms. The van der Waals surface area contributed by atoms with Crippen LogP contribution in [-0.4, -0.2) is 23.8 Å². The fraction of sp³-hybridized carbons (Fsp3) is 0.316. The molecular weight excluding hydrogens is 321 g/mol. The van der Waals surface area contributed by atoms with Crippen molar-refractivity contribution in [3.8, 4) is 0 Å². The first-order chi connectivity index (χ1) is 11.6. The zero-order valence-corrected chi connectivity index (χ0v) is 15.1. The number of amides is 2. The second-order valence-electron chi connectivity index (χ2n) is 6.96. The van der Waals surface area contributed by atoms with E-state index in [1.807, 2.05) is 0 Å². The molecule has 1 aromatic carbocycles. The number of aryl methyl sites for hydroxylation is 1. The molecule has 0 radical (unpaired) electrons. The average Bonchev–Trinajstić information content (AvgIpc) is 2.53. The number of benzene rings is 1. The molecule has 2 amide bonds. The molecule has 0 fully saturated rings. The first kappa shape index (κ1) is 18.6. The Kier molecular flexibility index (Phi) is 5.21. The van der Waals surface area contributed by atoms with Crippen LogP contribution in [0, 0.1) is 18.2 Å². The number of hydrogen-bond donors (Lipinski definition) is 1. The summed E-state index contributed by atoms with van der Waals surface area (Å²) in [5, 5.41) is 2.69. The fourth-order valence-corrected chi connectivity index (χ4v) is 2.09. The van der Waals surface area contributed by atoms with E-state index in [1.54, 1.807) is 52.0 Å². The number of anilines is 2. The Bertz CT molecular complexity index is 795. The highest BCUT2D eigenvalue weighted by Crippen LogP contribution is 2.21. The highest BCUT2D eigenvalue weighted by Gasteiger charge is 2.22. The third-order valence-electron chi connectivity index (χ3n) is 3.70. The van der Waals surface area contributed by atoms with Gasteiger partial charge in [0.15, 0.2) is 0 Å². The number of hydrogen-bond acceptors (Lipinski definition) is 3. The molecule has 0 unspecified atom stereocenters. The van der Waals surface area contributed by atoms with Crippen LogP contribution in [0.3, 0.4) is 0 Å². The third kappa shape index (κ3) is 4.41. The monoisotopic (exact) mass is 343 g/mol. The van der Waals surface area contributed by atoms with Crippen molar-refractivity contribution in [1.29, 1.82) is 0 Å². The van der Waals surface area contributed by atoms with Gasteiger partial charge in [0.05, 0.1) is 11.3 Å². The van der Waals surface area contributed by atoms with Crippen LogP contribution in [0.25, 0.3) is 0 Å². The Hall–Kier alpha value is -2.76. The Morgan fingerprint density at radius 1 is 1.16 bits per heavy atom. The smallest absolute Gasteiger partial charge is 0.259 e. The van der Waals surface area contributed by atoms with Crippen LogP contribution in [-0.2, 0) is 4.79 Å². The molecule has 0 saturated carbocycles. The highest BCUT2D eigenvalue weighted by molar-refractivity contribution is 6.05. The number of nitrogens with zero attached hydrogens (tertiary/aromatic N) is 2. The summed E-state index contributed by atoms with van der Waals surface area (Å²) < 4.78 is 14.0. The van der Waals surface area contributed by atoms with Gasteiger partial charge in [0.25, 0.3) is 5.91 Å². The van der Waals surface area contributed by atoms with E-state index in [9.17, 15) is 14.0 Å². The molecule has 0 aliphatic carbocycles. The van der Waals surface area contributed by atoms with E-state index in [1.165, 1.54) is 24.2 Å². The zero-order valence-electron chi connectivity index (χ0n) is 15.1. The maximum absolute atomic E-state index is 14.0. The molecule has 6 heteroatoms. The van der Waals surface area contributed by atoms with Gasteiger partial charge in [-0.3, -0.25) is 9.59 Å². The number of pyridine rings is 1. The molecule has 1 heterocycles. The maximum atomic E-state index is 14.0. The predicted octanol–water partition coefficient (Wildman–Crippen LogP) is 3.79. The number of aromatic nitrogens is 1. The molecule has 5 nitrogen and oxygen atoms in total. The largest absolute Gasteiger partial charge is 0.310 e. The topological polar surface area (TPSA) is 62.3 Å². The first-order valence-electron chi connectivity index (χ1n) is 7.91. The lowest BCUT2D eigenvalue weighted by Crippen LogP contribution is -2.29. The zero-order chi connectivity index (χ0) is 18.8. The van der Waals surface area contributed by atoms with Crippen LogP contribution in [0.4, 0.5) is 15.9 Å². The number of rotatable bonds is 3. The molecule has 0 spiro atoms. The van der Waals surface area contributed by atoms with Crippen LogP contribution in [0.1, 0.15) is 36.7 Å². The quantitative estimate of drug-likeness (QED) is 0.922. The molecule has 0 atom stereocenters.